The molecule has 2 fully saturated rings. The van der Waals surface area contributed by atoms with Crippen LogP contribution in [0.25, 0.3) is 10.9 Å². The van der Waals surface area contributed by atoms with Gasteiger partial charge in [0.1, 0.15) is 17.6 Å². The molecule has 32 heavy (non-hydrogen) atoms. The summed E-state index contributed by atoms with van der Waals surface area (Å²) < 4.78 is 10.9. The summed E-state index contributed by atoms with van der Waals surface area (Å²) in [6, 6.07) is 3.73. The molecule has 174 valence electrons. The average Bonchev–Trinajstić information content (AvgIpc) is 3.10. The lowest BCUT2D eigenvalue weighted by molar-refractivity contribution is -0.130. The summed E-state index contributed by atoms with van der Waals surface area (Å²) in [6.45, 7) is 6.74. The van der Waals surface area contributed by atoms with Gasteiger partial charge in [0.05, 0.1) is 25.8 Å². The first-order valence-corrected chi connectivity index (χ1v) is 11.8. The lowest BCUT2D eigenvalue weighted by Crippen LogP contribution is -2.38. The van der Waals surface area contributed by atoms with Crippen molar-refractivity contribution in [2.45, 2.75) is 44.6 Å². The molecule has 1 aromatic carbocycles. The quantitative estimate of drug-likeness (QED) is 0.616. The van der Waals surface area contributed by atoms with Crippen LogP contribution in [0.15, 0.2) is 18.5 Å². The Morgan fingerprint density at radius 2 is 1.84 bits per heavy atom. The molecular weight excluding hydrogens is 426 g/mol. The number of hydrogen-bond donors (Lipinski definition) is 2. The second-order valence-corrected chi connectivity index (χ2v) is 9.42. The van der Waals surface area contributed by atoms with Crippen molar-refractivity contribution in [3.63, 3.8) is 0 Å². The smallest absolute Gasteiger partial charge is 0.241 e. The van der Waals surface area contributed by atoms with Crippen LogP contribution in [0.1, 0.15) is 33.1 Å². The molecule has 2 saturated heterocycles. The largest absolute Gasteiger partial charge is 0.493 e. The number of nitrogens with one attached hydrogen (secondary N) is 1. The number of aromatic nitrogens is 2. The van der Waals surface area contributed by atoms with Crippen LogP contribution in [-0.2, 0) is 4.79 Å². The number of benzene rings is 1. The zero-order chi connectivity index (χ0) is 22.8. The molecule has 4 rings (SSSR count). The molecule has 3 heterocycles. The highest BCUT2D eigenvalue weighted by atomic mass is 32.1. The summed E-state index contributed by atoms with van der Waals surface area (Å²) in [7, 11) is 3.26. The number of rotatable bonds is 7. The normalized spacial score (nSPS) is 22.2. The third-order valence-electron chi connectivity index (χ3n) is 6.65. The number of thiol groups is 1. The van der Waals surface area contributed by atoms with E-state index in [-0.39, 0.29) is 23.4 Å². The fraction of sp³-hybridized carbons (Fsp3) is 0.609. The summed E-state index contributed by atoms with van der Waals surface area (Å²) in [6.07, 6.45) is 4.75. The van der Waals surface area contributed by atoms with Gasteiger partial charge in [-0.3, -0.25) is 10.1 Å². The number of hydrogen-bond acceptors (Lipinski definition) is 8. The van der Waals surface area contributed by atoms with Crippen molar-refractivity contribution >= 4 is 35.3 Å². The first kappa shape index (κ1) is 22.9. The van der Waals surface area contributed by atoms with Gasteiger partial charge in [-0.25, -0.2) is 9.97 Å². The topological polar surface area (TPSA) is 79.8 Å². The predicted octanol–water partition coefficient (Wildman–Crippen LogP) is 2.92. The number of carbonyl (C=O) groups excluding carboxylic acids is 1. The highest BCUT2D eigenvalue weighted by Gasteiger charge is 2.38. The maximum atomic E-state index is 12.7. The minimum absolute atomic E-state index is 0.124. The summed E-state index contributed by atoms with van der Waals surface area (Å²) >= 11 is 4.58. The summed E-state index contributed by atoms with van der Waals surface area (Å²) in [5.41, 5.74) is 0.656. The molecule has 2 unspecified atom stereocenters. The van der Waals surface area contributed by atoms with Crippen LogP contribution in [0.4, 0.5) is 5.82 Å². The monoisotopic (exact) mass is 459 g/mol. The molecule has 0 saturated carbocycles. The van der Waals surface area contributed by atoms with Gasteiger partial charge in [0.25, 0.3) is 0 Å². The molecule has 0 aliphatic carbocycles. The van der Waals surface area contributed by atoms with Crippen LogP contribution in [0, 0.1) is 11.8 Å². The number of amides is 1. The Labute approximate surface area is 195 Å². The number of piperidine rings is 1. The van der Waals surface area contributed by atoms with Crippen LogP contribution in [-0.4, -0.2) is 66.2 Å². The summed E-state index contributed by atoms with van der Waals surface area (Å²) in [4.78, 5) is 25.9. The van der Waals surface area contributed by atoms with E-state index in [2.05, 4.69) is 46.7 Å². The second-order valence-electron chi connectivity index (χ2n) is 8.93. The van der Waals surface area contributed by atoms with E-state index in [4.69, 9.17) is 9.47 Å². The SMILES string of the molecule is COc1cc2ncnc(N3CCC(CCN4C(=O)C(C(C)C)NC4S)CC3)c2cc1OC. The first-order valence-electron chi connectivity index (χ1n) is 11.3. The second kappa shape index (κ2) is 9.70. The average molecular weight is 460 g/mol. The molecule has 1 N–H and O–H groups in total. The molecule has 9 heteroatoms. The number of ether oxygens (including phenoxy) is 2. The molecule has 0 spiro atoms. The number of nitrogens with zero attached hydrogens (tertiary/aromatic N) is 4. The van der Waals surface area contributed by atoms with Crippen LogP contribution in [0.2, 0.25) is 0 Å². The lowest BCUT2D eigenvalue weighted by Gasteiger charge is -2.34. The summed E-state index contributed by atoms with van der Waals surface area (Å²) in [5.74, 6) is 3.30. The van der Waals surface area contributed by atoms with Crippen LogP contribution in [0.3, 0.4) is 0 Å². The van der Waals surface area contributed by atoms with Crippen LogP contribution >= 0.6 is 12.6 Å². The maximum Gasteiger partial charge on any atom is 0.241 e. The van der Waals surface area contributed by atoms with Gasteiger partial charge >= 0.3 is 0 Å². The van der Waals surface area contributed by atoms with Crippen molar-refractivity contribution in [2.75, 3.05) is 38.8 Å². The zero-order valence-corrected chi connectivity index (χ0v) is 20.1. The summed E-state index contributed by atoms with van der Waals surface area (Å²) in [5, 5.41) is 4.27. The van der Waals surface area contributed by atoms with Gasteiger partial charge in [-0.05, 0) is 37.2 Å². The predicted molar refractivity (Wildman–Crippen MR) is 128 cm³/mol. The third kappa shape index (κ3) is 4.45. The molecule has 0 radical (unpaired) electrons. The van der Waals surface area contributed by atoms with Gasteiger partial charge < -0.3 is 19.3 Å². The van der Waals surface area contributed by atoms with E-state index in [1.54, 1.807) is 20.5 Å². The van der Waals surface area contributed by atoms with Crippen molar-refractivity contribution < 1.29 is 14.3 Å². The highest BCUT2D eigenvalue weighted by Crippen LogP contribution is 2.36. The van der Waals surface area contributed by atoms with Gasteiger partial charge in [0.2, 0.25) is 5.91 Å². The van der Waals surface area contributed by atoms with E-state index in [9.17, 15) is 4.79 Å². The number of methoxy groups -OCH3 is 2. The van der Waals surface area contributed by atoms with Crippen molar-refractivity contribution in [1.29, 1.82) is 0 Å². The van der Waals surface area contributed by atoms with Gasteiger partial charge in [0.15, 0.2) is 11.5 Å². The maximum absolute atomic E-state index is 12.7. The van der Waals surface area contributed by atoms with Crippen LogP contribution in [0.5, 0.6) is 11.5 Å². The van der Waals surface area contributed by atoms with Crippen molar-refractivity contribution in [3.05, 3.63) is 18.5 Å². The molecule has 2 aromatic rings. The molecule has 8 nitrogen and oxygen atoms in total. The third-order valence-corrected chi connectivity index (χ3v) is 7.08. The Hall–Kier alpha value is -2.26. The van der Waals surface area contributed by atoms with Crippen molar-refractivity contribution in [2.24, 2.45) is 11.8 Å². The molecule has 2 aliphatic heterocycles. The highest BCUT2D eigenvalue weighted by molar-refractivity contribution is 7.80. The molecule has 0 bridgehead atoms. The Kier molecular flexibility index (Phi) is 6.95. The van der Waals surface area contributed by atoms with Gasteiger partial charge in [-0.1, -0.05) is 13.8 Å². The fourth-order valence-electron chi connectivity index (χ4n) is 4.71. The van der Waals surface area contributed by atoms with E-state index in [1.807, 2.05) is 17.0 Å². The van der Waals surface area contributed by atoms with Crippen LogP contribution < -0.4 is 19.7 Å². The fourth-order valence-corrected chi connectivity index (χ4v) is 5.10. The van der Waals surface area contributed by atoms with E-state index < -0.39 is 0 Å². The van der Waals surface area contributed by atoms with Crippen molar-refractivity contribution in [3.8, 4) is 11.5 Å². The minimum atomic E-state index is -0.186. The Bertz CT molecular complexity index is 964. The molecule has 1 aromatic heterocycles. The molecule has 1 amide bonds. The van der Waals surface area contributed by atoms with E-state index in [0.717, 1.165) is 55.6 Å². The Morgan fingerprint density at radius 3 is 2.47 bits per heavy atom. The van der Waals surface area contributed by atoms with Gasteiger partial charge in [-0.2, -0.15) is 0 Å². The van der Waals surface area contributed by atoms with Gasteiger partial charge in [0, 0.05) is 31.1 Å². The van der Waals surface area contributed by atoms with E-state index in [0.29, 0.717) is 17.4 Å². The number of fused-ring (bicyclic) bond motifs is 1. The standard InChI is InChI=1S/C23H33N5O3S/c1-14(2)20-22(29)28(23(32)26-20)10-7-15-5-8-27(9-6-15)21-16-11-18(30-3)19(31-4)12-17(16)24-13-25-21/h11-15,20,23,26,32H,5-10H2,1-4H3. The van der Waals surface area contributed by atoms with E-state index >= 15 is 0 Å². The Morgan fingerprint density at radius 1 is 1.16 bits per heavy atom. The molecular formula is C23H33N5O3S. The molecule has 2 atom stereocenters. The lowest BCUT2D eigenvalue weighted by atomic mass is 9.93. The van der Waals surface area contributed by atoms with E-state index in [1.165, 1.54) is 0 Å². The molecule has 2 aliphatic rings. The van der Waals surface area contributed by atoms with Crippen molar-refractivity contribution in [1.82, 2.24) is 20.2 Å². The zero-order valence-electron chi connectivity index (χ0n) is 19.2. The number of carbonyl (C=O) groups is 1. The first-order chi connectivity index (χ1) is 15.4. The minimum Gasteiger partial charge on any atom is -0.493 e. The Balaban J connectivity index is 1.39. The number of anilines is 1. The van der Waals surface area contributed by atoms with Gasteiger partial charge in [-0.15, -0.1) is 12.6 Å².